The first-order chi connectivity index (χ1) is 12.5. The summed E-state index contributed by atoms with van der Waals surface area (Å²) in [5.74, 6) is -0.579. The number of rotatable bonds is 7. The number of carbonyl (C=O) groups is 2. The van der Waals surface area contributed by atoms with Crippen LogP contribution in [0.3, 0.4) is 0 Å². The lowest BCUT2D eigenvalue weighted by Crippen LogP contribution is -2.35. The molecule has 0 spiro atoms. The molecule has 0 saturated heterocycles. The minimum absolute atomic E-state index is 0.118. The van der Waals surface area contributed by atoms with Crippen LogP contribution in [0.25, 0.3) is 10.2 Å². The molecular formula is C19H20N4O2S. The van der Waals surface area contributed by atoms with Crippen LogP contribution < -0.4 is 16.0 Å². The molecule has 26 heavy (non-hydrogen) atoms. The molecule has 1 aromatic heterocycles. The van der Waals surface area contributed by atoms with Crippen LogP contribution in [0.1, 0.15) is 12.0 Å². The zero-order chi connectivity index (χ0) is 18.5. The van der Waals surface area contributed by atoms with Gasteiger partial charge in [-0.05, 0) is 36.8 Å². The Bertz CT molecular complexity index is 905. The van der Waals surface area contributed by atoms with Crippen molar-refractivity contribution >= 4 is 44.2 Å². The maximum atomic E-state index is 12.5. The van der Waals surface area contributed by atoms with Gasteiger partial charge in [0, 0.05) is 18.7 Å². The van der Waals surface area contributed by atoms with Crippen LogP contribution in [0.2, 0.25) is 0 Å². The van der Waals surface area contributed by atoms with Crippen LogP contribution in [0.15, 0.2) is 48.5 Å². The Morgan fingerprint density at radius 3 is 2.73 bits per heavy atom. The lowest BCUT2D eigenvalue weighted by molar-refractivity contribution is -0.118. The highest BCUT2D eigenvalue weighted by molar-refractivity contribution is 7.22. The SMILES string of the molecule is Cc1cccc(N(CCC(N)=O)CC(=O)Nc2nc3ccccc3s2)c1. The van der Waals surface area contributed by atoms with Crippen molar-refractivity contribution in [1.82, 2.24) is 4.98 Å². The lowest BCUT2D eigenvalue weighted by Gasteiger charge is -2.24. The molecule has 0 radical (unpaired) electrons. The predicted molar refractivity (Wildman–Crippen MR) is 105 cm³/mol. The van der Waals surface area contributed by atoms with Crippen LogP contribution >= 0.6 is 11.3 Å². The molecule has 0 fully saturated rings. The van der Waals surface area contributed by atoms with Crippen molar-refractivity contribution in [1.29, 1.82) is 0 Å². The van der Waals surface area contributed by atoms with Gasteiger partial charge in [-0.2, -0.15) is 0 Å². The number of hydrogen-bond acceptors (Lipinski definition) is 5. The van der Waals surface area contributed by atoms with Crippen molar-refractivity contribution in [3.8, 4) is 0 Å². The normalized spacial score (nSPS) is 10.7. The van der Waals surface area contributed by atoms with Crippen molar-refractivity contribution in [3.63, 3.8) is 0 Å². The van der Waals surface area contributed by atoms with Crippen molar-refractivity contribution in [2.24, 2.45) is 5.73 Å². The monoisotopic (exact) mass is 368 g/mol. The van der Waals surface area contributed by atoms with E-state index in [-0.39, 0.29) is 18.9 Å². The highest BCUT2D eigenvalue weighted by Gasteiger charge is 2.14. The molecule has 7 heteroatoms. The van der Waals surface area contributed by atoms with E-state index in [0.29, 0.717) is 11.7 Å². The van der Waals surface area contributed by atoms with Gasteiger partial charge in [0.1, 0.15) is 0 Å². The van der Waals surface area contributed by atoms with Gasteiger partial charge < -0.3 is 16.0 Å². The number of primary amides is 1. The molecule has 0 atom stereocenters. The van der Waals surface area contributed by atoms with Crippen molar-refractivity contribution in [2.75, 3.05) is 23.3 Å². The minimum atomic E-state index is -0.394. The summed E-state index contributed by atoms with van der Waals surface area (Å²) < 4.78 is 1.02. The lowest BCUT2D eigenvalue weighted by atomic mass is 10.2. The number of nitrogens with two attached hydrogens (primary N) is 1. The van der Waals surface area contributed by atoms with Crippen molar-refractivity contribution in [3.05, 3.63) is 54.1 Å². The molecule has 134 valence electrons. The Labute approximate surface area is 155 Å². The van der Waals surface area contributed by atoms with Crippen LogP contribution in [0.4, 0.5) is 10.8 Å². The molecular weight excluding hydrogens is 348 g/mol. The molecule has 6 nitrogen and oxygen atoms in total. The molecule has 0 aliphatic heterocycles. The maximum Gasteiger partial charge on any atom is 0.245 e. The van der Waals surface area contributed by atoms with E-state index in [4.69, 9.17) is 5.73 Å². The summed E-state index contributed by atoms with van der Waals surface area (Å²) in [6.07, 6.45) is 0.183. The summed E-state index contributed by atoms with van der Waals surface area (Å²) >= 11 is 1.43. The molecule has 2 aromatic carbocycles. The number of fused-ring (bicyclic) bond motifs is 1. The number of nitrogens with zero attached hydrogens (tertiary/aromatic N) is 2. The van der Waals surface area contributed by atoms with Gasteiger partial charge in [0.25, 0.3) is 0 Å². The number of carbonyl (C=O) groups excluding carboxylic acids is 2. The highest BCUT2D eigenvalue weighted by Crippen LogP contribution is 2.25. The van der Waals surface area contributed by atoms with Gasteiger partial charge in [-0.1, -0.05) is 35.6 Å². The largest absolute Gasteiger partial charge is 0.370 e. The number of anilines is 2. The molecule has 0 bridgehead atoms. The third-order valence-electron chi connectivity index (χ3n) is 3.87. The molecule has 0 unspecified atom stereocenters. The Morgan fingerprint density at radius 2 is 2.00 bits per heavy atom. The Balaban J connectivity index is 1.72. The number of para-hydroxylation sites is 1. The third-order valence-corrected chi connectivity index (χ3v) is 4.82. The van der Waals surface area contributed by atoms with Crippen LogP contribution in [-0.2, 0) is 9.59 Å². The average molecular weight is 368 g/mol. The van der Waals surface area contributed by atoms with Gasteiger partial charge in [0.2, 0.25) is 11.8 Å². The Hall–Kier alpha value is -2.93. The van der Waals surface area contributed by atoms with E-state index in [1.807, 2.05) is 60.4 Å². The number of amides is 2. The smallest absolute Gasteiger partial charge is 0.245 e. The van der Waals surface area contributed by atoms with E-state index >= 15 is 0 Å². The van der Waals surface area contributed by atoms with E-state index in [0.717, 1.165) is 21.5 Å². The fraction of sp³-hybridized carbons (Fsp3) is 0.211. The van der Waals surface area contributed by atoms with E-state index in [2.05, 4.69) is 10.3 Å². The van der Waals surface area contributed by atoms with Gasteiger partial charge in [-0.15, -0.1) is 0 Å². The molecule has 0 saturated carbocycles. The van der Waals surface area contributed by atoms with Gasteiger partial charge >= 0.3 is 0 Å². The summed E-state index contributed by atoms with van der Waals surface area (Å²) in [6, 6.07) is 15.5. The number of benzene rings is 2. The first-order valence-corrected chi connectivity index (χ1v) is 9.08. The summed E-state index contributed by atoms with van der Waals surface area (Å²) in [5, 5.41) is 3.41. The van der Waals surface area contributed by atoms with Gasteiger partial charge in [-0.3, -0.25) is 9.59 Å². The van der Waals surface area contributed by atoms with E-state index < -0.39 is 5.91 Å². The molecule has 0 aliphatic rings. The number of thiazole rings is 1. The van der Waals surface area contributed by atoms with Gasteiger partial charge in [0.05, 0.1) is 16.8 Å². The maximum absolute atomic E-state index is 12.5. The molecule has 3 rings (SSSR count). The number of aromatic nitrogens is 1. The van der Waals surface area contributed by atoms with E-state index in [1.54, 1.807) is 0 Å². The molecule has 3 N–H and O–H groups in total. The van der Waals surface area contributed by atoms with Crippen LogP contribution in [0.5, 0.6) is 0 Å². The predicted octanol–water partition coefficient (Wildman–Crippen LogP) is 2.93. The quantitative estimate of drug-likeness (QED) is 0.671. The fourth-order valence-corrected chi connectivity index (χ4v) is 3.51. The summed E-state index contributed by atoms with van der Waals surface area (Å²) in [4.78, 5) is 29.9. The van der Waals surface area contributed by atoms with Crippen molar-refractivity contribution in [2.45, 2.75) is 13.3 Å². The van der Waals surface area contributed by atoms with Crippen LogP contribution in [0, 0.1) is 6.92 Å². The number of aryl methyl sites for hydroxylation is 1. The topological polar surface area (TPSA) is 88.3 Å². The zero-order valence-electron chi connectivity index (χ0n) is 14.4. The Morgan fingerprint density at radius 1 is 1.19 bits per heavy atom. The number of nitrogens with one attached hydrogen (secondary N) is 1. The van der Waals surface area contributed by atoms with E-state index in [9.17, 15) is 9.59 Å². The van der Waals surface area contributed by atoms with Gasteiger partial charge in [-0.25, -0.2) is 4.98 Å². The molecule has 2 amide bonds. The first kappa shape index (κ1) is 17.9. The second-order valence-corrected chi connectivity index (χ2v) is 7.04. The molecule has 0 aliphatic carbocycles. The average Bonchev–Trinajstić information content (AvgIpc) is 3.00. The Kier molecular flexibility index (Phi) is 5.48. The number of hydrogen-bond donors (Lipinski definition) is 2. The summed E-state index contributed by atoms with van der Waals surface area (Å²) in [6.45, 7) is 2.48. The third kappa shape index (κ3) is 4.58. The highest BCUT2D eigenvalue weighted by atomic mass is 32.1. The summed E-state index contributed by atoms with van der Waals surface area (Å²) in [5.41, 5.74) is 8.09. The summed E-state index contributed by atoms with van der Waals surface area (Å²) in [7, 11) is 0. The minimum Gasteiger partial charge on any atom is -0.370 e. The van der Waals surface area contributed by atoms with Crippen LogP contribution in [-0.4, -0.2) is 29.9 Å². The zero-order valence-corrected chi connectivity index (χ0v) is 15.3. The second kappa shape index (κ2) is 7.97. The van der Waals surface area contributed by atoms with Gasteiger partial charge in [0.15, 0.2) is 5.13 Å². The second-order valence-electron chi connectivity index (χ2n) is 6.01. The van der Waals surface area contributed by atoms with E-state index in [1.165, 1.54) is 11.3 Å². The van der Waals surface area contributed by atoms with Crippen molar-refractivity contribution < 1.29 is 9.59 Å². The molecule has 1 heterocycles. The first-order valence-electron chi connectivity index (χ1n) is 8.26. The molecule has 3 aromatic rings. The standard InChI is InChI=1S/C19H20N4O2S/c1-13-5-4-6-14(11-13)23(10-9-17(20)24)12-18(25)22-19-21-15-7-2-3-8-16(15)26-19/h2-8,11H,9-10,12H2,1H3,(H2,20,24)(H,21,22,25). The fourth-order valence-electron chi connectivity index (χ4n) is 2.63.